The highest BCUT2D eigenvalue weighted by Gasteiger charge is 2.13. The van der Waals surface area contributed by atoms with Crippen molar-refractivity contribution in [3.63, 3.8) is 0 Å². The standard InChI is InChI=1S/C13H20N4OS/c1-9(7-8-16(2)3)17-12-10(14-13(17)19)5-6-11(15-12)18-4/h5-6,9H,7-8H2,1-4H3,(H,14,19). The predicted molar refractivity (Wildman–Crippen MR) is 79.4 cm³/mol. The van der Waals surface area contributed by atoms with Gasteiger partial charge >= 0.3 is 0 Å². The first-order valence-corrected chi connectivity index (χ1v) is 6.73. The van der Waals surface area contributed by atoms with Crippen LogP contribution in [0.25, 0.3) is 11.2 Å². The van der Waals surface area contributed by atoms with Gasteiger partial charge in [-0.1, -0.05) is 0 Å². The van der Waals surface area contributed by atoms with Crippen molar-refractivity contribution >= 4 is 23.4 Å². The van der Waals surface area contributed by atoms with Gasteiger partial charge in [-0.2, -0.15) is 4.98 Å². The average molecular weight is 280 g/mol. The molecular formula is C13H20N4OS. The average Bonchev–Trinajstić information content (AvgIpc) is 2.70. The topological polar surface area (TPSA) is 46.1 Å². The zero-order chi connectivity index (χ0) is 14.0. The summed E-state index contributed by atoms with van der Waals surface area (Å²) in [5, 5.41) is 0. The number of methoxy groups -OCH3 is 1. The molecule has 1 unspecified atom stereocenters. The number of nitrogens with one attached hydrogen (secondary N) is 1. The third-order valence-electron chi connectivity index (χ3n) is 3.18. The van der Waals surface area contributed by atoms with Gasteiger partial charge in [0.25, 0.3) is 0 Å². The van der Waals surface area contributed by atoms with E-state index in [0.29, 0.717) is 16.7 Å². The number of pyridine rings is 1. The molecule has 6 heteroatoms. The summed E-state index contributed by atoms with van der Waals surface area (Å²) in [5.74, 6) is 0.607. The van der Waals surface area contributed by atoms with Crippen LogP contribution in [0.15, 0.2) is 12.1 Å². The van der Waals surface area contributed by atoms with Crippen molar-refractivity contribution in [2.24, 2.45) is 0 Å². The SMILES string of the molecule is COc1ccc2[nH]c(=S)n(C(C)CCN(C)C)c2n1. The van der Waals surface area contributed by atoms with Crippen molar-refractivity contribution < 1.29 is 4.74 Å². The molecule has 19 heavy (non-hydrogen) atoms. The molecule has 0 aromatic carbocycles. The molecule has 0 aliphatic heterocycles. The lowest BCUT2D eigenvalue weighted by Crippen LogP contribution is -2.17. The molecule has 0 fully saturated rings. The first-order valence-electron chi connectivity index (χ1n) is 6.33. The fourth-order valence-electron chi connectivity index (χ4n) is 2.08. The summed E-state index contributed by atoms with van der Waals surface area (Å²) in [6, 6.07) is 4.08. The molecule has 0 spiro atoms. The normalized spacial score (nSPS) is 13.1. The van der Waals surface area contributed by atoms with Gasteiger partial charge in [-0.05, 0) is 52.3 Å². The molecule has 104 valence electrons. The molecule has 5 nitrogen and oxygen atoms in total. The number of imidazole rings is 1. The number of aromatic nitrogens is 3. The Kier molecular flexibility index (Phi) is 4.21. The Bertz CT molecular complexity index is 617. The molecule has 2 aromatic heterocycles. The second-order valence-electron chi connectivity index (χ2n) is 4.97. The van der Waals surface area contributed by atoms with E-state index in [9.17, 15) is 0 Å². The Hall–Kier alpha value is -1.40. The molecular weight excluding hydrogens is 260 g/mol. The Morgan fingerprint density at radius 1 is 1.47 bits per heavy atom. The minimum absolute atomic E-state index is 0.295. The lowest BCUT2D eigenvalue weighted by atomic mass is 10.2. The smallest absolute Gasteiger partial charge is 0.215 e. The van der Waals surface area contributed by atoms with E-state index >= 15 is 0 Å². The van der Waals surface area contributed by atoms with Gasteiger partial charge < -0.3 is 14.6 Å². The lowest BCUT2D eigenvalue weighted by Gasteiger charge is -2.17. The number of ether oxygens (including phenoxy) is 1. The predicted octanol–water partition coefficient (Wildman–Crippen LogP) is 2.62. The van der Waals surface area contributed by atoms with Crippen molar-refractivity contribution in [1.82, 2.24) is 19.4 Å². The number of H-pyrrole nitrogens is 1. The van der Waals surface area contributed by atoms with E-state index in [1.165, 1.54) is 0 Å². The van der Waals surface area contributed by atoms with Crippen molar-refractivity contribution in [3.05, 3.63) is 16.9 Å². The summed E-state index contributed by atoms with van der Waals surface area (Å²) in [4.78, 5) is 9.85. The van der Waals surface area contributed by atoms with Crippen LogP contribution in [0.4, 0.5) is 0 Å². The van der Waals surface area contributed by atoms with Crippen LogP contribution >= 0.6 is 12.2 Å². The lowest BCUT2D eigenvalue weighted by molar-refractivity contribution is 0.358. The van der Waals surface area contributed by atoms with Gasteiger partial charge in [0.1, 0.15) is 0 Å². The summed E-state index contributed by atoms with van der Waals surface area (Å²) in [6.45, 7) is 3.17. The van der Waals surface area contributed by atoms with Gasteiger partial charge in [-0.25, -0.2) is 0 Å². The van der Waals surface area contributed by atoms with Crippen LogP contribution in [0, 0.1) is 4.77 Å². The fourth-order valence-corrected chi connectivity index (χ4v) is 2.46. The van der Waals surface area contributed by atoms with Crippen LogP contribution in [0.2, 0.25) is 0 Å². The summed E-state index contributed by atoms with van der Waals surface area (Å²) < 4.78 is 7.96. The van der Waals surface area contributed by atoms with Crippen LogP contribution < -0.4 is 4.74 Å². The molecule has 0 aliphatic carbocycles. The molecule has 2 rings (SSSR count). The van der Waals surface area contributed by atoms with Crippen molar-refractivity contribution in [2.45, 2.75) is 19.4 Å². The number of fused-ring (bicyclic) bond motifs is 1. The van der Waals surface area contributed by atoms with Gasteiger partial charge in [0.05, 0.1) is 12.6 Å². The van der Waals surface area contributed by atoms with Crippen LogP contribution in [0.3, 0.4) is 0 Å². The van der Waals surface area contributed by atoms with Gasteiger partial charge in [-0.3, -0.25) is 4.57 Å². The maximum absolute atomic E-state index is 5.40. The number of hydrogen-bond donors (Lipinski definition) is 1. The first kappa shape index (κ1) is 14.0. The molecule has 0 radical (unpaired) electrons. The fraction of sp³-hybridized carbons (Fsp3) is 0.538. The second-order valence-corrected chi connectivity index (χ2v) is 5.35. The molecule has 0 saturated carbocycles. The summed E-state index contributed by atoms with van der Waals surface area (Å²) >= 11 is 5.40. The van der Waals surface area contributed by atoms with E-state index in [1.807, 2.05) is 12.1 Å². The Balaban J connectivity index is 2.40. The van der Waals surface area contributed by atoms with Crippen molar-refractivity contribution in [1.29, 1.82) is 0 Å². The monoisotopic (exact) mass is 280 g/mol. The third kappa shape index (κ3) is 2.96. The molecule has 1 N–H and O–H groups in total. The zero-order valence-corrected chi connectivity index (χ0v) is 12.6. The molecule has 1 atom stereocenters. The van der Waals surface area contributed by atoms with E-state index in [4.69, 9.17) is 17.0 Å². The first-order chi connectivity index (χ1) is 9.02. The molecule has 0 saturated heterocycles. The zero-order valence-electron chi connectivity index (χ0n) is 11.8. The molecule has 2 heterocycles. The highest BCUT2D eigenvalue weighted by Crippen LogP contribution is 2.22. The Labute approximate surface area is 118 Å². The quantitative estimate of drug-likeness (QED) is 0.855. The third-order valence-corrected chi connectivity index (χ3v) is 3.48. The number of hydrogen-bond acceptors (Lipinski definition) is 4. The Morgan fingerprint density at radius 3 is 2.84 bits per heavy atom. The van der Waals surface area contributed by atoms with Gasteiger partial charge in [0.15, 0.2) is 10.4 Å². The maximum Gasteiger partial charge on any atom is 0.215 e. The summed E-state index contributed by atoms with van der Waals surface area (Å²) in [6.07, 6.45) is 1.02. The number of rotatable bonds is 5. The van der Waals surface area contributed by atoms with E-state index < -0.39 is 0 Å². The summed E-state index contributed by atoms with van der Waals surface area (Å²) in [7, 11) is 5.76. The van der Waals surface area contributed by atoms with E-state index in [-0.39, 0.29) is 0 Å². The molecule has 2 aromatic rings. The number of nitrogens with zero attached hydrogens (tertiary/aromatic N) is 3. The van der Waals surface area contributed by atoms with Gasteiger partial charge in [-0.15, -0.1) is 0 Å². The Morgan fingerprint density at radius 2 is 2.21 bits per heavy atom. The minimum Gasteiger partial charge on any atom is -0.481 e. The highest BCUT2D eigenvalue weighted by atomic mass is 32.1. The molecule has 0 amide bonds. The van der Waals surface area contributed by atoms with Crippen LogP contribution in [0.1, 0.15) is 19.4 Å². The molecule has 0 bridgehead atoms. The number of aromatic amines is 1. The van der Waals surface area contributed by atoms with Crippen molar-refractivity contribution in [2.75, 3.05) is 27.7 Å². The maximum atomic E-state index is 5.40. The van der Waals surface area contributed by atoms with Gasteiger partial charge in [0, 0.05) is 12.1 Å². The van der Waals surface area contributed by atoms with Crippen LogP contribution in [-0.4, -0.2) is 47.2 Å². The highest BCUT2D eigenvalue weighted by molar-refractivity contribution is 7.71. The van der Waals surface area contributed by atoms with E-state index in [2.05, 4.69) is 40.5 Å². The summed E-state index contributed by atoms with van der Waals surface area (Å²) in [5.41, 5.74) is 1.80. The second kappa shape index (κ2) is 5.71. The van der Waals surface area contributed by atoms with Crippen LogP contribution in [-0.2, 0) is 0 Å². The van der Waals surface area contributed by atoms with E-state index in [0.717, 1.165) is 24.1 Å². The largest absolute Gasteiger partial charge is 0.481 e. The molecule has 0 aliphatic rings. The van der Waals surface area contributed by atoms with Gasteiger partial charge in [0.2, 0.25) is 5.88 Å². The minimum atomic E-state index is 0.295. The van der Waals surface area contributed by atoms with Crippen LogP contribution in [0.5, 0.6) is 5.88 Å². The van der Waals surface area contributed by atoms with E-state index in [1.54, 1.807) is 7.11 Å². The van der Waals surface area contributed by atoms with Crippen molar-refractivity contribution in [3.8, 4) is 5.88 Å².